The molecule has 0 saturated carbocycles. The molecule has 36 heavy (non-hydrogen) atoms. The molecular formula is C33H40OSi2. The van der Waals surface area contributed by atoms with E-state index in [0.717, 1.165) is 5.75 Å². The molecule has 0 atom stereocenters. The number of benzene rings is 4. The van der Waals surface area contributed by atoms with Gasteiger partial charge in [-0.25, -0.2) is 0 Å². The minimum absolute atomic E-state index is 0.545. The highest BCUT2D eigenvalue weighted by Gasteiger charge is 2.47. The van der Waals surface area contributed by atoms with Gasteiger partial charge in [0, 0.05) is 0 Å². The van der Waals surface area contributed by atoms with Crippen molar-refractivity contribution in [1.29, 1.82) is 0 Å². The van der Waals surface area contributed by atoms with Crippen LogP contribution in [-0.2, 0) is 0 Å². The van der Waals surface area contributed by atoms with Gasteiger partial charge in [-0.15, -0.1) is 0 Å². The Bertz CT molecular complexity index is 1100. The van der Waals surface area contributed by atoms with Crippen molar-refractivity contribution in [2.75, 3.05) is 0 Å². The Labute approximate surface area is 220 Å². The normalized spacial score (nSPS) is 12.4. The smallest absolute Gasteiger partial charge is 0.258 e. The molecule has 0 aliphatic carbocycles. The van der Waals surface area contributed by atoms with Gasteiger partial charge < -0.3 is 4.43 Å². The van der Waals surface area contributed by atoms with Gasteiger partial charge in [-0.05, 0) is 49.5 Å². The third-order valence-electron chi connectivity index (χ3n) is 7.91. The molecule has 0 N–H and O–H groups in total. The highest BCUT2D eigenvalue weighted by Crippen LogP contribution is 2.42. The molecule has 0 bridgehead atoms. The van der Waals surface area contributed by atoms with Gasteiger partial charge in [0.25, 0.3) is 8.32 Å². The van der Waals surface area contributed by atoms with E-state index in [4.69, 9.17) is 4.43 Å². The molecule has 0 radical (unpaired) electrons. The highest BCUT2D eigenvalue weighted by atomic mass is 28.4. The standard InChI is InChI=1S/C33H40OSi2/c1-26(2)36(27(3)4,28(5)6)34-29-22-24-33(25-23-29)35(30-16-10-7-11-17-30,31-18-12-8-13-19-31)32-20-14-9-15-21-32/h7-28H,1-6H3. The lowest BCUT2D eigenvalue weighted by atomic mass is 10.3. The molecule has 4 aromatic carbocycles. The van der Waals surface area contributed by atoms with Crippen molar-refractivity contribution in [3.05, 3.63) is 115 Å². The lowest BCUT2D eigenvalue weighted by molar-refractivity contribution is 0.480. The average Bonchev–Trinajstić information content (AvgIpc) is 2.90. The summed E-state index contributed by atoms with van der Waals surface area (Å²) in [5.41, 5.74) is 1.63. The Balaban J connectivity index is 1.90. The molecule has 0 fully saturated rings. The molecule has 4 aromatic rings. The molecule has 1 nitrogen and oxygen atoms in total. The van der Waals surface area contributed by atoms with Crippen molar-refractivity contribution in [2.45, 2.75) is 58.2 Å². The molecule has 0 aromatic heterocycles. The van der Waals surface area contributed by atoms with Crippen LogP contribution in [0.4, 0.5) is 0 Å². The van der Waals surface area contributed by atoms with Crippen LogP contribution in [0.5, 0.6) is 5.75 Å². The second-order valence-electron chi connectivity index (χ2n) is 10.8. The molecule has 0 unspecified atom stereocenters. The van der Waals surface area contributed by atoms with E-state index >= 15 is 0 Å². The topological polar surface area (TPSA) is 9.23 Å². The number of hydrogen-bond donors (Lipinski definition) is 0. The molecule has 0 aliphatic heterocycles. The van der Waals surface area contributed by atoms with Crippen molar-refractivity contribution in [3.8, 4) is 5.75 Å². The van der Waals surface area contributed by atoms with Crippen LogP contribution in [0.1, 0.15) is 41.5 Å². The second kappa shape index (κ2) is 11.0. The summed E-state index contributed by atoms with van der Waals surface area (Å²) < 4.78 is 7.03. The van der Waals surface area contributed by atoms with Crippen molar-refractivity contribution in [1.82, 2.24) is 0 Å². The first-order valence-electron chi connectivity index (χ1n) is 13.3. The first-order valence-corrected chi connectivity index (χ1v) is 17.4. The van der Waals surface area contributed by atoms with Gasteiger partial charge in [-0.3, -0.25) is 0 Å². The maximum Gasteiger partial charge on any atom is 0.258 e. The molecule has 186 valence electrons. The van der Waals surface area contributed by atoms with Crippen LogP contribution in [0.15, 0.2) is 115 Å². The van der Waals surface area contributed by atoms with E-state index in [9.17, 15) is 0 Å². The van der Waals surface area contributed by atoms with E-state index in [1.807, 2.05) is 0 Å². The molecule has 0 spiro atoms. The first-order chi connectivity index (χ1) is 17.3. The summed E-state index contributed by atoms with van der Waals surface area (Å²) in [7, 11) is -4.50. The SMILES string of the molecule is CC(C)[Si](Oc1ccc([Si](c2ccccc2)(c2ccccc2)c2ccccc2)cc1)(C(C)C)C(C)C. The van der Waals surface area contributed by atoms with E-state index in [2.05, 4.69) is 157 Å². The Morgan fingerprint density at radius 2 is 0.722 bits per heavy atom. The number of hydrogen-bond acceptors (Lipinski definition) is 1. The van der Waals surface area contributed by atoms with Gasteiger partial charge in [-0.2, -0.15) is 0 Å². The minimum Gasteiger partial charge on any atom is -0.543 e. The Kier molecular flexibility index (Phi) is 8.02. The third kappa shape index (κ3) is 4.62. The maximum atomic E-state index is 7.03. The fraction of sp³-hybridized carbons (Fsp3) is 0.273. The summed E-state index contributed by atoms with van der Waals surface area (Å²) in [6.07, 6.45) is 0. The van der Waals surface area contributed by atoms with Crippen LogP contribution in [0.25, 0.3) is 0 Å². The van der Waals surface area contributed by atoms with Crippen LogP contribution >= 0.6 is 0 Å². The van der Waals surface area contributed by atoms with Crippen molar-refractivity contribution in [2.24, 2.45) is 0 Å². The predicted octanol–water partition coefficient (Wildman–Crippen LogP) is 6.62. The molecule has 4 rings (SSSR count). The zero-order valence-electron chi connectivity index (χ0n) is 22.6. The van der Waals surface area contributed by atoms with Crippen LogP contribution in [-0.4, -0.2) is 16.4 Å². The Morgan fingerprint density at radius 1 is 0.417 bits per heavy atom. The summed E-state index contributed by atoms with van der Waals surface area (Å²) in [6.45, 7) is 14.1. The monoisotopic (exact) mass is 508 g/mol. The summed E-state index contributed by atoms with van der Waals surface area (Å²) >= 11 is 0. The van der Waals surface area contributed by atoms with Gasteiger partial charge in [0.1, 0.15) is 5.75 Å². The van der Waals surface area contributed by atoms with Gasteiger partial charge in [0.15, 0.2) is 8.07 Å². The van der Waals surface area contributed by atoms with Gasteiger partial charge in [0.2, 0.25) is 0 Å². The molecular weight excluding hydrogens is 469 g/mol. The average molecular weight is 509 g/mol. The summed E-state index contributed by atoms with van der Waals surface area (Å²) in [4.78, 5) is 0. The zero-order valence-corrected chi connectivity index (χ0v) is 24.6. The third-order valence-corrected chi connectivity index (χ3v) is 18.7. The quantitative estimate of drug-likeness (QED) is 0.182. The van der Waals surface area contributed by atoms with E-state index in [1.54, 1.807) is 0 Å². The molecule has 0 amide bonds. The van der Waals surface area contributed by atoms with Gasteiger partial charge in [-0.1, -0.05) is 145 Å². The molecule has 3 heteroatoms. The van der Waals surface area contributed by atoms with E-state index < -0.39 is 16.4 Å². The van der Waals surface area contributed by atoms with Crippen LogP contribution < -0.4 is 25.2 Å². The largest absolute Gasteiger partial charge is 0.543 e. The minimum atomic E-state index is -2.49. The Hall–Kier alpha value is -2.89. The molecule has 0 aliphatic rings. The van der Waals surface area contributed by atoms with Gasteiger partial charge in [0.05, 0.1) is 0 Å². The van der Waals surface area contributed by atoms with E-state index in [-0.39, 0.29) is 0 Å². The maximum absolute atomic E-state index is 7.03. The highest BCUT2D eigenvalue weighted by molar-refractivity contribution is 7.19. The lowest BCUT2D eigenvalue weighted by Gasteiger charge is -2.42. The first kappa shape index (κ1) is 26.2. The fourth-order valence-electron chi connectivity index (χ4n) is 6.40. The zero-order chi connectivity index (χ0) is 25.8. The summed E-state index contributed by atoms with van der Waals surface area (Å²) in [6, 6.07) is 42.4. The van der Waals surface area contributed by atoms with Crippen molar-refractivity contribution in [3.63, 3.8) is 0 Å². The van der Waals surface area contributed by atoms with E-state index in [0.29, 0.717) is 16.6 Å². The fourth-order valence-corrected chi connectivity index (χ4v) is 16.4. The van der Waals surface area contributed by atoms with Crippen LogP contribution in [0.3, 0.4) is 0 Å². The molecule has 0 saturated heterocycles. The molecule has 0 heterocycles. The lowest BCUT2D eigenvalue weighted by Crippen LogP contribution is -2.74. The summed E-state index contributed by atoms with van der Waals surface area (Å²) in [5, 5.41) is 5.56. The van der Waals surface area contributed by atoms with E-state index in [1.165, 1.54) is 20.7 Å². The Morgan fingerprint density at radius 3 is 1.03 bits per heavy atom. The second-order valence-corrected chi connectivity index (χ2v) is 20.0. The van der Waals surface area contributed by atoms with Gasteiger partial charge >= 0.3 is 0 Å². The van der Waals surface area contributed by atoms with Crippen molar-refractivity contribution >= 4 is 37.1 Å². The van der Waals surface area contributed by atoms with Crippen LogP contribution in [0, 0.1) is 0 Å². The van der Waals surface area contributed by atoms with Crippen molar-refractivity contribution < 1.29 is 4.43 Å². The van der Waals surface area contributed by atoms with Crippen LogP contribution in [0.2, 0.25) is 16.6 Å². The predicted molar refractivity (Wildman–Crippen MR) is 162 cm³/mol. The number of rotatable bonds is 9. The summed E-state index contributed by atoms with van der Waals surface area (Å²) in [5.74, 6) is 1.01.